The molecule has 7 heteroatoms. The van der Waals surface area contributed by atoms with Gasteiger partial charge in [0.2, 0.25) is 5.91 Å². The van der Waals surface area contributed by atoms with E-state index in [4.69, 9.17) is 4.74 Å². The van der Waals surface area contributed by atoms with Crippen LogP contribution in [0, 0.1) is 23.7 Å². The molecule has 1 heterocycles. The Morgan fingerprint density at radius 3 is 2.59 bits per heavy atom. The molecule has 3 fully saturated rings. The van der Waals surface area contributed by atoms with Crippen molar-refractivity contribution in [1.82, 2.24) is 0 Å². The fourth-order valence-corrected chi connectivity index (χ4v) is 5.33. The van der Waals surface area contributed by atoms with Crippen molar-refractivity contribution in [2.75, 3.05) is 10.6 Å². The molecular formula is C22H19BrN2O4. The molecule has 5 atom stereocenters. The van der Waals surface area contributed by atoms with Crippen LogP contribution in [-0.4, -0.2) is 23.9 Å². The molecule has 0 spiro atoms. The van der Waals surface area contributed by atoms with E-state index in [1.165, 1.54) is 0 Å². The molecule has 148 valence electrons. The van der Waals surface area contributed by atoms with Gasteiger partial charge in [-0.2, -0.15) is 0 Å². The first-order valence-corrected chi connectivity index (χ1v) is 10.5. The Bertz CT molecular complexity index is 1000. The number of carbonyl (C=O) groups is 3. The fraction of sp³-hybridized carbons (Fsp3) is 0.318. The average molecular weight is 455 g/mol. The highest BCUT2D eigenvalue weighted by Gasteiger charge is 2.63. The van der Waals surface area contributed by atoms with Crippen LogP contribution >= 0.6 is 15.9 Å². The van der Waals surface area contributed by atoms with Crippen LogP contribution in [0.5, 0.6) is 0 Å². The van der Waals surface area contributed by atoms with Gasteiger partial charge in [0.25, 0.3) is 5.91 Å². The van der Waals surface area contributed by atoms with Crippen LogP contribution in [-0.2, 0) is 14.3 Å². The minimum Gasteiger partial charge on any atom is -0.462 e. The van der Waals surface area contributed by atoms with E-state index in [9.17, 15) is 14.4 Å². The Balaban J connectivity index is 1.29. The summed E-state index contributed by atoms with van der Waals surface area (Å²) < 4.78 is 6.34. The highest BCUT2D eigenvalue weighted by Crippen LogP contribution is 2.57. The van der Waals surface area contributed by atoms with Crippen molar-refractivity contribution >= 4 is 45.1 Å². The molecule has 0 aromatic heterocycles. The Kier molecular flexibility index (Phi) is 4.42. The van der Waals surface area contributed by atoms with Crippen LogP contribution in [0.15, 0.2) is 53.0 Å². The summed E-state index contributed by atoms with van der Waals surface area (Å²) in [6.07, 6.45) is 1.67. The van der Waals surface area contributed by atoms with Gasteiger partial charge < -0.3 is 15.4 Å². The Labute approximate surface area is 176 Å². The van der Waals surface area contributed by atoms with E-state index in [1.807, 2.05) is 12.1 Å². The lowest BCUT2D eigenvalue weighted by Crippen LogP contribution is -2.35. The van der Waals surface area contributed by atoms with E-state index in [0.717, 1.165) is 17.3 Å². The summed E-state index contributed by atoms with van der Waals surface area (Å²) in [7, 11) is 0. The molecule has 2 bridgehead atoms. The van der Waals surface area contributed by atoms with Crippen molar-refractivity contribution in [1.29, 1.82) is 0 Å². The normalized spacial score (nSPS) is 28.9. The number of benzene rings is 2. The van der Waals surface area contributed by atoms with Crippen molar-refractivity contribution in [2.24, 2.45) is 23.7 Å². The highest BCUT2D eigenvalue weighted by atomic mass is 79.9. The number of halogens is 1. The number of rotatable bonds is 4. The monoisotopic (exact) mass is 454 g/mol. The predicted octanol–water partition coefficient (Wildman–Crippen LogP) is 3.84. The maximum absolute atomic E-state index is 12.9. The molecule has 0 radical (unpaired) electrons. The van der Waals surface area contributed by atoms with Gasteiger partial charge >= 0.3 is 5.97 Å². The number of nitrogens with one attached hydrogen (secondary N) is 2. The number of amides is 2. The van der Waals surface area contributed by atoms with Gasteiger partial charge in [0.1, 0.15) is 6.10 Å². The van der Waals surface area contributed by atoms with Gasteiger partial charge in [-0.1, -0.05) is 22.0 Å². The lowest BCUT2D eigenvalue weighted by atomic mass is 9.79. The number of hydrogen-bond acceptors (Lipinski definition) is 4. The summed E-state index contributed by atoms with van der Waals surface area (Å²) >= 11 is 3.36. The Morgan fingerprint density at radius 2 is 1.79 bits per heavy atom. The molecular weight excluding hydrogens is 436 g/mol. The molecule has 2 aromatic rings. The second kappa shape index (κ2) is 6.99. The third-order valence-corrected chi connectivity index (χ3v) is 6.81. The maximum atomic E-state index is 12.9. The molecule has 2 aromatic carbocycles. The smallest absolute Gasteiger partial charge is 0.310 e. The highest BCUT2D eigenvalue weighted by molar-refractivity contribution is 9.10. The van der Waals surface area contributed by atoms with Crippen LogP contribution in [0.4, 0.5) is 11.4 Å². The third-order valence-electron chi connectivity index (χ3n) is 6.28. The van der Waals surface area contributed by atoms with Crippen LogP contribution in [0.1, 0.15) is 23.2 Å². The summed E-state index contributed by atoms with van der Waals surface area (Å²) in [5.74, 6) is -0.927. The number of fused-ring (bicyclic) bond motifs is 1. The van der Waals surface area contributed by atoms with Crippen molar-refractivity contribution in [3.8, 4) is 0 Å². The molecule has 2 amide bonds. The first kappa shape index (κ1) is 18.4. The van der Waals surface area contributed by atoms with E-state index in [2.05, 4.69) is 26.6 Å². The van der Waals surface area contributed by atoms with Crippen LogP contribution in [0.3, 0.4) is 0 Å². The zero-order valence-corrected chi connectivity index (χ0v) is 17.0. The van der Waals surface area contributed by atoms with Gasteiger partial charge in [-0.3, -0.25) is 14.4 Å². The standard InChI is InChI=1S/C22H19BrN2O4/c23-13-4-6-14(7-5-13)24-20(26)11-2-1-3-15(8-11)25-21(27)18-12-9-16-17(10-12)29-22(28)19(16)18/h1-8,12,16-19H,9-10H2,(H,24,26)(H,25,27)/t12-,16+,17-,18-,19+/m1/s1. The first-order valence-electron chi connectivity index (χ1n) is 9.68. The van der Waals surface area contributed by atoms with Gasteiger partial charge in [-0.25, -0.2) is 0 Å². The molecule has 2 saturated carbocycles. The van der Waals surface area contributed by atoms with Crippen LogP contribution in [0.2, 0.25) is 0 Å². The lowest BCUT2D eigenvalue weighted by molar-refractivity contribution is -0.145. The van der Waals surface area contributed by atoms with Gasteiger partial charge in [-0.05, 0) is 61.2 Å². The fourth-order valence-electron chi connectivity index (χ4n) is 5.06. The van der Waals surface area contributed by atoms with Gasteiger partial charge in [-0.15, -0.1) is 0 Å². The number of anilines is 2. The zero-order chi connectivity index (χ0) is 20.1. The summed E-state index contributed by atoms with van der Waals surface area (Å²) in [6, 6.07) is 14.1. The molecule has 0 unspecified atom stereocenters. The number of carbonyl (C=O) groups excluding carboxylic acids is 3. The minimum absolute atomic E-state index is 0.00665. The molecule has 5 rings (SSSR count). The number of hydrogen-bond donors (Lipinski definition) is 2. The SMILES string of the molecule is O=C(Nc1ccc(Br)cc1)c1cccc(NC(=O)[C@@H]2[C@@H]3C[C@@H]4[C@@H]2C(=O)O[C@@H]4C3)c1. The van der Waals surface area contributed by atoms with E-state index < -0.39 is 0 Å². The summed E-state index contributed by atoms with van der Waals surface area (Å²) in [6.45, 7) is 0. The molecule has 2 aliphatic carbocycles. The second-order valence-corrected chi connectivity index (χ2v) is 8.87. The second-order valence-electron chi connectivity index (χ2n) is 7.95. The summed E-state index contributed by atoms with van der Waals surface area (Å²) in [5.41, 5.74) is 1.67. The summed E-state index contributed by atoms with van der Waals surface area (Å²) in [5, 5.41) is 5.74. The quantitative estimate of drug-likeness (QED) is 0.687. The van der Waals surface area contributed by atoms with E-state index >= 15 is 0 Å². The van der Waals surface area contributed by atoms with Crippen molar-refractivity contribution in [3.05, 3.63) is 58.6 Å². The van der Waals surface area contributed by atoms with Crippen molar-refractivity contribution in [2.45, 2.75) is 18.9 Å². The molecule has 3 aliphatic rings. The largest absolute Gasteiger partial charge is 0.462 e. The van der Waals surface area contributed by atoms with Crippen LogP contribution < -0.4 is 10.6 Å². The number of esters is 1. The summed E-state index contributed by atoms with van der Waals surface area (Å²) in [4.78, 5) is 37.6. The van der Waals surface area contributed by atoms with E-state index in [0.29, 0.717) is 16.9 Å². The van der Waals surface area contributed by atoms with E-state index in [-0.39, 0.29) is 47.6 Å². The predicted molar refractivity (Wildman–Crippen MR) is 110 cm³/mol. The van der Waals surface area contributed by atoms with Gasteiger partial charge in [0.15, 0.2) is 0 Å². The molecule has 6 nitrogen and oxygen atoms in total. The lowest BCUT2D eigenvalue weighted by Gasteiger charge is -2.23. The average Bonchev–Trinajstić information content (AvgIpc) is 3.32. The van der Waals surface area contributed by atoms with Crippen LogP contribution in [0.25, 0.3) is 0 Å². The number of ether oxygens (including phenoxy) is 1. The molecule has 1 saturated heterocycles. The van der Waals surface area contributed by atoms with Gasteiger partial charge in [0.05, 0.1) is 11.8 Å². The molecule has 2 N–H and O–H groups in total. The minimum atomic E-state index is -0.341. The van der Waals surface area contributed by atoms with Gasteiger partial charge in [0, 0.05) is 27.3 Å². The molecule has 29 heavy (non-hydrogen) atoms. The Hall–Kier alpha value is -2.67. The van der Waals surface area contributed by atoms with Crippen molar-refractivity contribution < 1.29 is 19.1 Å². The third kappa shape index (κ3) is 3.23. The van der Waals surface area contributed by atoms with Crippen molar-refractivity contribution in [3.63, 3.8) is 0 Å². The zero-order valence-electron chi connectivity index (χ0n) is 15.4. The van der Waals surface area contributed by atoms with E-state index in [1.54, 1.807) is 36.4 Å². The maximum Gasteiger partial charge on any atom is 0.310 e. The first-order chi connectivity index (χ1) is 14.0. The molecule has 1 aliphatic heterocycles. The Morgan fingerprint density at radius 1 is 1.00 bits per heavy atom. The topological polar surface area (TPSA) is 84.5 Å².